The van der Waals surface area contributed by atoms with Gasteiger partial charge in [0.15, 0.2) is 0 Å². The lowest BCUT2D eigenvalue weighted by Crippen LogP contribution is -2.48. The van der Waals surface area contributed by atoms with Crippen molar-refractivity contribution in [3.63, 3.8) is 0 Å². The van der Waals surface area contributed by atoms with E-state index in [1.165, 1.54) is 4.90 Å². The number of nitrogens with one attached hydrogen (secondary N) is 1. The molecule has 150 valence electrons. The first kappa shape index (κ1) is 21.2. The molecule has 1 aromatic carbocycles. The molecule has 1 fully saturated rings. The van der Waals surface area contributed by atoms with Crippen molar-refractivity contribution >= 4 is 11.9 Å². The number of aliphatic carboxylic acids is 1. The molecule has 27 heavy (non-hydrogen) atoms. The molecule has 1 aliphatic heterocycles. The maximum Gasteiger partial charge on any atom is 0.401 e. The second kappa shape index (κ2) is 9.73. The molecule has 0 aromatic heterocycles. The van der Waals surface area contributed by atoms with E-state index in [1.807, 2.05) is 30.3 Å². The number of likely N-dealkylation sites (tertiary alicyclic amines) is 1. The number of alkyl halides is 3. The average molecular weight is 386 g/mol. The summed E-state index contributed by atoms with van der Waals surface area (Å²) in [6, 6.07) is 9.01. The molecular formula is C19H25F3N2O3. The van der Waals surface area contributed by atoms with E-state index in [4.69, 9.17) is 5.11 Å². The minimum absolute atomic E-state index is 0.0718. The third-order valence-electron chi connectivity index (χ3n) is 4.66. The Morgan fingerprint density at radius 1 is 1.26 bits per heavy atom. The van der Waals surface area contributed by atoms with Gasteiger partial charge in [0.05, 0.1) is 12.5 Å². The summed E-state index contributed by atoms with van der Waals surface area (Å²) in [5.74, 6) is -1.76. The highest BCUT2D eigenvalue weighted by Gasteiger charge is 2.35. The monoisotopic (exact) mass is 386 g/mol. The zero-order valence-corrected chi connectivity index (χ0v) is 15.0. The Morgan fingerprint density at radius 3 is 2.59 bits per heavy atom. The predicted octanol–water partition coefficient (Wildman–Crippen LogP) is 2.85. The van der Waals surface area contributed by atoms with E-state index in [0.29, 0.717) is 25.8 Å². The Bertz CT molecular complexity index is 622. The molecule has 5 nitrogen and oxygen atoms in total. The van der Waals surface area contributed by atoms with E-state index in [0.717, 1.165) is 5.56 Å². The average Bonchev–Trinajstić information content (AvgIpc) is 2.59. The van der Waals surface area contributed by atoms with Gasteiger partial charge in [0, 0.05) is 19.0 Å². The summed E-state index contributed by atoms with van der Waals surface area (Å²) in [6.45, 7) is -0.610. The molecule has 1 amide bonds. The number of benzene rings is 1. The summed E-state index contributed by atoms with van der Waals surface area (Å²) in [7, 11) is 0. The summed E-state index contributed by atoms with van der Waals surface area (Å²) < 4.78 is 37.8. The van der Waals surface area contributed by atoms with Crippen LogP contribution in [-0.2, 0) is 16.0 Å². The molecule has 8 heteroatoms. The molecule has 2 atom stereocenters. The van der Waals surface area contributed by atoms with E-state index in [9.17, 15) is 22.8 Å². The van der Waals surface area contributed by atoms with Gasteiger partial charge in [-0.2, -0.15) is 13.2 Å². The van der Waals surface area contributed by atoms with Crippen molar-refractivity contribution in [1.82, 2.24) is 10.2 Å². The lowest BCUT2D eigenvalue weighted by atomic mass is 9.95. The van der Waals surface area contributed by atoms with Crippen molar-refractivity contribution < 1.29 is 27.9 Å². The van der Waals surface area contributed by atoms with Crippen LogP contribution in [0.25, 0.3) is 0 Å². The molecule has 1 aromatic rings. The van der Waals surface area contributed by atoms with Crippen molar-refractivity contribution in [3.8, 4) is 0 Å². The maximum atomic E-state index is 12.6. The summed E-state index contributed by atoms with van der Waals surface area (Å²) in [4.78, 5) is 24.7. The van der Waals surface area contributed by atoms with Gasteiger partial charge >= 0.3 is 12.1 Å². The molecule has 0 bridgehead atoms. The molecule has 1 saturated heterocycles. The fourth-order valence-corrected chi connectivity index (χ4v) is 3.41. The number of rotatable bonds is 8. The summed E-state index contributed by atoms with van der Waals surface area (Å²) in [5.41, 5.74) is 0.968. The Morgan fingerprint density at radius 2 is 1.96 bits per heavy atom. The first-order valence-corrected chi connectivity index (χ1v) is 9.08. The Balaban J connectivity index is 1.95. The fourth-order valence-electron chi connectivity index (χ4n) is 3.41. The molecule has 0 aliphatic carbocycles. The molecule has 0 spiro atoms. The van der Waals surface area contributed by atoms with Gasteiger partial charge in [0.1, 0.15) is 0 Å². The third-order valence-corrected chi connectivity index (χ3v) is 4.66. The van der Waals surface area contributed by atoms with Crippen LogP contribution in [0.1, 0.15) is 31.2 Å². The SMILES string of the molecule is O=C(O)CCC(Cc1ccccc1)NC(=O)C1CCCN(CC(F)(F)F)C1. The van der Waals surface area contributed by atoms with Gasteiger partial charge in [-0.05, 0) is 37.8 Å². The highest BCUT2D eigenvalue weighted by atomic mass is 19.4. The van der Waals surface area contributed by atoms with E-state index < -0.39 is 24.6 Å². The van der Waals surface area contributed by atoms with E-state index >= 15 is 0 Å². The van der Waals surface area contributed by atoms with Crippen LogP contribution in [0, 0.1) is 5.92 Å². The molecule has 0 radical (unpaired) electrons. The molecule has 2 unspecified atom stereocenters. The molecule has 1 heterocycles. The van der Waals surface area contributed by atoms with Crippen LogP contribution in [-0.4, -0.2) is 53.7 Å². The number of carbonyl (C=O) groups excluding carboxylic acids is 1. The van der Waals surface area contributed by atoms with Crippen LogP contribution in [0.3, 0.4) is 0 Å². The first-order chi connectivity index (χ1) is 12.7. The van der Waals surface area contributed by atoms with Crippen LogP contribution in [0.5, 0.6) is 0 Å². The van der Waals surface area contributed by atoms with Gasteiger partial charge in [0.25, 0.3) is 0 Å². The van der Waals surface area contributed by atoms with Crippen LogP contribution < -0.4 is 5.32 Å². The van der Waals surface area contributed by atoms with Gasteiger partial charge < -0.3 is 10.4 Å². The van der Waals surface area contributed by atoms with Crippen molar-refractivity contribution in [1.29, 1.82) is 0 Å². The number of carboxylic acid groups (broad SMARTS) is 1. The van der Waals surface area contributed by atoms with E-state index in [1.54, 1.807) is 0 Å². The van der Waals surface area contributed by atoms with Crippen LogP contribution >= 0.6 is 0 Å². The zero-order valence-electron chi connectivity index (χ0n) is 15.0. The normalized spacial score (nSPS) is 19.4. The summed E-state index contributed by atoms with van der Waals surface area (Å²) >= 11 is 0. The van der Waals surface area contributed by atoms with E-state index in [-0.39, 0.29) is 31.3 Å². The topological polar surface area (TPSA) is 69.6 Å². The lowest BCUT2D eigenvalue weighted by Gasteiger charge is -2.33. The van der Waals surface area contributed by atoms with Crippen molar-refractivity contribution in [2.75, 3.05) is 19.6 Å². The molecule has 1 aliphatic rings. The van der Waals surface area contributed by atoms with Gasteiger partial charge in [0.2, 0.25) is 5.91 Å². The Hall–Kier alpha value is -2.09. The number of nitrogens with zero attached hydrogens (tertiary/aromatic N) is 1. The number of piperidine rings is 1. The lowest BCUT2D eigenvalue weighted by molar-refractivity contribution is -0.152. The van der Waals surface area contributed by atoms with Gasteiger partial charge in [-0.15, -0.1) is 0 Å². The standard InChI is InChI=1S/C19H25F3N2O3/c20-19(21,22)13-24-10-4-7-15(12-24)18(27)23-16(8-9-17(25)26)11-14-5-2-1-3-6-14/h1-3,5-6,15-16H,4,7-13H2,(H,23,27)(H,25,26). The third kappa shape index (κ3) is 7.99. The Labute approximate surface area is 156 Å². The minimum Gasteiger partial charge on any atom is -0.481 e. The first-order valence-electron chi connectivity index (χ1n) is 9.08. The van der Waals surface area contributed by atoms with Gasteiger partial charge in [-0.3, -0.25) is 14.5 Å². The second-order valence-electron chi connectivity index (χ2n) is 7.02. The number of halogens is 3. The molecule has 0 saturated carbocycles. The number of hydrogen-bond donors (Lipinski definition) is 2. The molecule has 2 rings (SSSR count). The number of carboxylic acids is 1. The molecule has 2 N–H and O–H groups in total. The van der Waals surface area contributed by atoms with Gasteiger partial charge in [-0.1, -0.05) is 30.3 Å². The van der Waals surface area contributed by atoms with Crippen LogP contribution in [0.15, 0.2) is 30.3 Å². The predicted molar refractivity (Wildman–Crippen MR) is 94.2 cm³/mol. The van der Waals surface area contributed by atoms with E-state index in [2.05, 4.69) is 5.32 Å². The van der Waals surface area contributed by atoms with Gasteiger partial charge in [-0.25, -0.2) is 0 Å². The fraction of sp³-hybridized carbons (Fsp3) is 0.579. The van der Waals surface area contributed by atoms with Crippen molar-refractivity contribution in [3.05, 3.63) is 35.9 Å². The van der Waals surface area contributed by atoms with Crippen molar-refractivity contribution in [2.45, 2.75) is 44.3 Å². The number of carbonyl (C=O) groups is 2. The summed E-state index contributed by atoms with van der Waals surface area (Å²) in [6.07, 6.45) is -2.53. The summed E-state index contributed by atoms with van der Waals surface area (Å²) in [5, 5.41) is 11.8. The van der Waals surface area contributed by atoms with Crippen LogP contribution in [0.2, 0.25) is 0 Å². The highest BCUT2D eigenvalue weighted by molar-refractivity contribution is 5.79. The van der Waals surface area contributed by atoms with Crippen LogP contribution in [0.4, 0.5) is 13.2 Å². The zero-order chi connectivity index (χ0) is 19.9. The smallest absolute Gasteiger partial charge is 0.401 e. The van der Waals surface area contributed by atoms with Crippen molar-refractivity contribution in [2.24, 2.45) is 5.92 Å². The number of amides is 1. The minimum atomic E-state index is -4.28. The second-order valence-corrected chi connectivity index (χ2v) is 7.02. The molecular weight excluding hydrogens is 361 g/mol. The number of hydrogen-bond acceptors (Lipinski definition) is 3. The quantitative estimate of drug-likeness (QED) is 0.721. The highest BCUT2D eigenvalue weighted by Crippen LogP contribution is 2.23. The Kier molecular flexibility index (Phi) is 7.65. The largest absolute Gasteiger partial charge is 0.481 e. The maximum absolute atomic E-state index is 12.6.